The molecule has 0 spiro atoms. The van der Waals surface area contributed by atoms with Crippen molar-refractivity contribution in [2.75, 3.05) is 0 Å². The molecule has 1 aromatic rings. The second kappa shape index (κ2) is 6.81. The molecule has 22 heavy (non-hydrogen) atoms. The van der Waals surface area contributed by atoms with E-state index >= 15 is 0 Å². The quantitative estimate of drug-likeness (QED) is 0.812. The maximum absolute atomic E-state index is 11.9. The average molecular weight is 305 g/mol. The topological polar surface area (TPSA) is 75.6 Å². The van der Waals surface area contributed by atoms with Crippen LogP contribution in [0.4, 0.5) is 0 Å². The molecule has 0 saturated heterocycles. The maximum atomic E-state index is 11.9. The van der Waals surface area contributed by atoms with Gasteiger partial charge in [0.15, 0.2) is 0 Å². The summed E-state index contributed by atoms with van der Waals surface area (Å²) in [6, 6.07) is 7.63. The van der Waals surface area contributed by atoms with Gasteiger partial charge in [0, 0.05) is 18.5 Å². The van der Waals surface area contributed by atoms with E-state index < -0.39 is 11.4 Å². The standard InChI is InChI=1S/C17H23NO4/c1-17(2,16(20)21)10-15(19)18-11-12-6-3-4-9-14(12)22-13-7-5-8-13/h3-4,6,9,13H,5,7-8,10-11H2,1-2H3,(H,18,19)(H,20,21). The van der Waals surface area contributed by atoms with E-state index in [0.717, 1.165) is 24.2 Å². The SMILES string of the molecule is CC(C)(CC(=O)NCc1ccccc1OC1CCC1)C(=O)O. The molecule has 120 valence electrons. The summed E-state index contributed by atoms with van der Waals surface area (Å²) < 4.78 is 5.91. The Hall–Kier alpha value is -2.04. The molecule has 1 aromatic carbocycles. The van der Waals surface area contributed by atoms with Crippen LogP contribution >= 0.6 is 0 Å². The van der Waals surface area contributed by atoms with Crippen molar-refractivity contribution < 1.29 is 19.4 Å². The van der Waals surface area contributed by atoms with Gasteiger partial charge in [-0.05, 0) is 39.2 Å². The highest BCUT2D eigenvalue weighted by atomic mass is 16.5. The number of carbonyl (C=O) groups excluding carboxylic acids is 1. The highest BCUT2D eigenvalue weighted by Gasteiger charge is 2.30. The van der Waals surface area contributed by atoms with E-state index in [-0.39, 0.29) is 18.4 Å². The summed E-state index contributed by atoms with van der Waals surface area (Å²) in [6.07, 6.45) is 3.59. The van der Waals surface area contributed by atoms with Gasteiger partial charge in [0.1, 0.15) is 5.75 Å². The summed E-state index contributed by atoms with van der Waals surface area (Å²) in [5, 5.41) is 11.8. The van der Waals surface area contributed by atoms with Crippen LogP contribution in [0.1, 0.15) is 45.1 Å². The van der Waals surface area contributed by atoms with E-state index in [2.05, 4.69) is 5.32 Å². The molecular formula is C17H23NO4. The van der Waals surface area contributed by atoms with Gasteiger partial charge in [-0.15, -0.1) is 0 Å². The third-order valence-corrected chi connectivity index (χ3v) is 3.98. The zero-order valence-electron chi connectivity index (χ0n) is 13.1. The number of amides is 1. The van der Waals surface area contributed by atoms with Crippen molar-refractivity contribution in [3.63, 3.8) is 0 Å². The summed E-state index contributed by atoms with van der Waals surface area (Å²) >= 11 is 0. The molecule has 0 bridgehead atoms. The number of carboxylic acid groups (broad SMARTS) is 1. The Labute approximate surface area is 130 Å². The van der Waals surface area contributed by atoms with Crippen LogP contribution in [0.3, 0.4) is 0 Å². The first-order valence-electron chi connectivity index (χ1n) is 7.63. The van der Waals surface area contributed by atoms with Crippen LogP contribution in [0, 0.1) is 5.41 Å². The van der Waals surface area contributed by atoms with Gasteiger partial charge in [0.2, 0.25) is 5.91 Å². The third kappa shape index (κ3) is 4.23. The highest BCUT2D eigenvalue weighted by Crippen LogP contribution is 2.27. The van der Waals surface area contributed by atoms with Gasteiger partial charge >= 0.3 is 5.97 Å². The molecule has 5 heteroatoms. The largest absolute Gasteiger partial charge is 0.490 e. The van der Waals surface area contributed by atoms with Gasteiger partial charge in [-0.3, -0.25) is 9.59 Å². The Balaban J connectivity index is 1.90. The number of ether oxygens (including phenoxy) is 1. The molecule has 0 aromatic heterocycles. The summed E-state index contributed by atoms with van der Waals surface area (Å²) in [7, 11) is 0. The van der Waals surface area contributed by atoms with E-state index in [1.165, 1.54) is 6.42 Å². The van der Waals surface area contributed by atoms with Crippen molar-refractivity contribution in [1.29, 1.82) is 0 Å². The van der Waals surface area contributed by atoms with Gasteiger partial charge in [0.25, 0.3) is 0 Å². The van der Waals surface area contributed by atoms with Crippen molar-refractivity contribution >= 4 is 11.9 Å². The Bertz CT molecular complexity index is 549. The first-order valence-corrected chi connectivity index (χ1v) is 7.63. The normalized spacial score (nSPS) is 15.0. The van der Waals surface area contributed by atoms with Gasteiger partial charge in [-0.1, -0.05) is 18.2 Å². The lowest BCUT2D eigenvalue weighted by Gasteiger charge is -2.27. The summed E-state index contributed by atoms with van der Waals surface area (Å²) in [5.41, 5.74) is -0.151. The lowest BCUT2D eigenvalue weighted by atomic mass is 9.89. The molecule has 0 atom stereocenters. The first kappa shape index (κ1) is 16.3. The number of carbonyl (C=O) groups is 2. The van der Waals surface area contributed by atoms with E-state index in [4.69, 9.17) is 9.84 Å². The van der Waals surface area contributed by atoms with Crippen molar-refractivity contribution in [1.82, 2.24) is 5.32 Å². The van der Waals surface area contributed by atoms with Crippen molar-refractivity contribution in [2.45, 2.75) is 52.2 Å². The molecule has 1 aliphatic carbocycles. The zero-order chi connectivity index (χ0) is 16.2. The molecule has 1 amide bonds. The van der Waals surface area contributed by atoms with Crippen LogP contribution in [0.25, 0.3) is 0 Å². The first-order chi connectivity index (χ1) is 10.4. The van der Waals surface area contributed by atoms with Crippen LogP contribution in [-0.4, -0.2) is 23.1 Å². The lowest BCUT2D eigenvalue weighted by molar-refractivity contribution is -0.149. The number of benzene rings is 1. The fraction of sp³-hybridized carbons (Fsp3) is 0.529. The Kier molecular flexibility index (Phi) is 5.06. The summed E-state index contributed by atoms with van der Waals surface area (Å²) in [5.74, 6) is -0.452. The van der Waals surface area contributed by atoms with Crippen LogP contribution in [0.2, 0.25) is 0 Å². The van der Waals surface area contributed by atoms with Crippen LogP contribution in [0.15, 0.2) is 24.3 Å². The van der Waals surface area contributed by atoms with Crippen molar-refractivity contribution in [3.8, 4) is 5.75 Å². The fourth-order valence-electron chi connectivity index (χ4n) is 2.17. The molecule has 2 N–H and O–H groups in total. The molecule has 1 aliphatic rings. The summed E-state index contributed by atoms with van der Waals surface area (Å²) in [4.78, 5) is 23.0. The Morgan fingerprint density at radius 3 is 2.59 bits per heavy atom. The molecule has 0 unspecified atom stereocenters. The Morgan fingerprint density at radius 1 is 1.32 bits per heavy atom. The average Bonchev–Trinajstić information content (AvgIpc) is 2.41. The predicted octanol–water partition coefficient (Wildman–Crippen LogP) is 2.74. The third-order valence-electron chi connectivity index (χ3n) is 3.98. The van der Waals surface area contributed by atoms with Crippen LogP contribution in [0.5, 0.6) is 5.75 Å². The minimum Gasteiger partial charge on any atom is -0.490 e. The van der Waals surface area contributed by atoms with E-state index in [0.29, 0.717) is 6.54 Å². The molecule has 5 nitrogen and oxygen atoms in total. The number of nitrogens with one attached hydrogen (secondary N) is 1. The number of carboxylic acids is 1. The zero-order valence-corrected chi connectivity index (χ0v) is 13.1. The monoisotopic (exact) mass is 305 g/mol. The molecule has 2 rings (SSSR count). The molecule has 0 aliphatic heterocycles. The van der Waals surface area contributed by atoms with Crippen LogP contribution < -0.4 is 10.1 Å². The van der Waals surface area contributed by atoms with Crippen molar-refractivity contribution in [3.05, 3.63) is 29.8 Å². The number of rotatable bonds is 7. The van der Waals surface area contributed by atoms with E-state index in [1.807, 2.05) is 24.3 Å². The van der Waals surface area contributed by atoms with Gasteiger partial charge in [0.05, 0.1) is 11.5 Å². The number of hydrogen-bond acceptors (Lipinski definition) is 3. The lowest BCUT2D eigenvalue weighted by Crippen LogP contribution is -2.33. The van der Waals surface area contributed by atoms with Gasteiger partial charge < -0.3 is 15.2 Å². The van der Waals surface area contributed by atoms with Gasteiger partial charge in [-0.25, -0.2) is 0 Å². The number of para-hydroxylation sites is 1. The smallest absolute Gasteiger partial charge is 0.309 e. The van der Waals surface area contributed by atoms with Crippen LogP contribution in [-0.2, 0) is 16.1 Å². The maximum Gasteiger partial charge on any atom is 0.309 e. The van der Waals surface area contributed by atoms with Crippen molar-refractivity contribution in [2.24, 2.45) is 5.41 Å². The second-order valence-electron chi connectivity index (χ2n) is 6.42. The number of hydrogen-bond donors (Lipinski definition) is 2. The van der Waals surface area contributed by atoms with E-state index in [1.54, 1.807) is 13.8 Å². The molecule has 1 fully saturated rings. The van der Waals surface area contributed by atoms with Gasteiger partial charge in [-0.2, -0.15) is 0 Å². The second-order valence-corrected chi connectivity index (χ2v) is 6.42. The minimum absolute atomic E-state index is 0.0476. The fourth-order valence-corrected chi connectivity index (χ4v) is 2.17. The Morgan fingerprint density at radius 2 is 2.00 bits per heavy atom. The number of aliphatic carboxylic acids is 1. The molecule has 0 heterocycles. The minimum atomic E-state index is -1.06. The molecular weight excluding hydrogens is 282 g/mol. The van der Waals surface area contributed by atoms with E-state index in [9.17, 15) is 9.59 Å². The summed E-state index contributed by atoms with van der Waals surface area (Å²) in [6.45, 7) is 3.43. The highest BCUT2D eigenvalue weighted by molar-refractivity contribution is 5.84. The molecule has 1 saturated carbocycles. The molecule has 0 radical (unpaired) electrons. The predicted molar refractivity (Wildman–Crippen MR) is 82.6 cm³/mol.